The summed E-state index contributed by atoms with van der Waals surface area (Å²) < 4.78 is 0. The molecule has 0 aromatic rings. The standard InChI is InChI=1S/AsH3.Ge.Si.Te/h1H3;;;. The van der Waals surface area contributed by atoms with Gasteiger partial charge in [-0.3, -0.25) is 0 Å². The second-order valence-corrected chi connectivity index (χ2v) is 0. The Hall–Kier alpha value is 2.11. The van der Waals surface area contributed by atoms with Crippen LogP contribution < -0.4 is 0 Å². The zero-order chi connectivity index (χ0) is 0. The molecule has 22 valence electrons. The first-order chi connectivity index (χ1) is 0. The van der Waals surface area contributed by atoms with Crippen molar-refractivity contribution in [1.29, 1.82) is 0 Å². The van der Waals surface area contributed by atoms with Gasteiger partial charge in [0.2, 0.25) is 0 Å². The third kappa shape index (κ3) is 8.93. The second-order valence-electron chi connectivity index (χ2n) is 0. The normalized spacial score (nSPS) is 0. The molecule has 0 aromatic carbocycles. The minimum absolute atomic E-state index is 0. The van der Waals surface area contributed by atoms with Gasteiger partial charge in [0.1, 0.15) is 0 Å². The zero-order valence-corrected chi connectivity index (χ0v) is 10.5. The zero-order valence-electron chi connectivity index (χ0n) is 2.12. The summed E-state index contributed by atoms with van der Waals surface area (Å²) in [6.45, 7) is 0. The fraction of sp³-hybridized carbons (Fsp3) is 0. The molecule has 0 aliphatic carbocycles. The molecule has 0 N–H and O–H groups in total. The van der Waals surface area contributed by atoms with Gasteiger partial charge in [-0.15, -0.1) is 0 Å². The van der Waals surface area contributed by atoms with Crippen LogP contribution in [0.1, 0.15) is 0 Å². The topological polar surface area (TPSA) is 0 Å². The Labute approximate surface area is 69.5 Å². The van der Waals surface area contributed by atoms with E-state index in [0.29, 0.717) is 0 Å². The van der Waals surface area contributed by atoms with Gasteiger partial charge in [-0.2, -0.15) is 0 Å². The molecule has 0 fully saturated rings. The first-order valence-electron chi connectivity index (χ1n) is 0. The van der Waals surface area contributed by atoms with E-state index in [4.69, 9.17) is 0 Å². The quantitative estimate of drug-likeness (QED) is 0.441. The maximum Gasteiger partial charge on any atom is 0 e. The smallest absolute Gasteiger partial charge is 0 e. The Kier molecular flexibility index (Phi) is 174. The molecular formula is H3AsGeSiTe. The van der Waals surface area contributed by atoms with Gasteiger partial charge in [0.15, 0.2) is 0 Å². The summed E-state index contributed by atoms with van der Waals surface area (Å²) >= 11 is 0. The van der Waals surface area contributed by atoms with Gasteiger partial charge in [-0.25, -0.2) is 0 Å². The fourth-order valence-corrected chi connectivity index (χ4v) is 0. The van der Waals surface area contributed by atoms with E-state index in [2.05, 4.69) is 0 Å². The van der Waals surface area contributed by atoms with Crippen molar-refractivity contribution >= 4 is 70.2 Å². The van der Waals surface area contributed by atoms with Crippen LogP contribution in [0.4, 0.5) is 0 Å². The SMILES string of the molecule is [AsH3].[Ge].[Si].[Te]. The molecule has 4 heavy (non-hydrogen) atoms. The van der Waals surface area contributed by atoms with E-state index in [-0.39, 0.29) is 70.2 Å². The van der Waals surface area contributed by atoms with Crippen LogP contribution in [-0.2, 0) is 0 Å². The Morgan fingerprint density at radius 2 is 1.00 bits per heavy atom. The monoisotopic (exact) mass is 310 g/mol. The maximum absolute atomic E-state index is 0. The van der Waals surface area contributed by atoms with Crippen LogP contribution in [0.3, 0.4) is 0 Å². The minimum atomic E-state index is 0. The first kappa shape index (κ1) is 35.9. The molecular weight excluding hydrogens is 303 g/mol. The molecule has 0 spiro atoms. The predicted molar refractivity (Wildman–Crippen MR) is 27.2 cm³/mol. The summed E-state index contributed by atoms with van der Waals surface area (Å²) in [5.41, 5.74) is 0. The molecule has 0 rings (SSSR count). The van der Waals surface area contributed by atoms with E-state index in [1.54, 1.807) is 0 Å². The van der Waals surface area contributed by atoms with Crippen molar-refractivity contribution in [1.82, 2.24) is 0 Å². The van der Waals surface area contributed by atoms with E-state index >= 15 is 0 Å². The maximum atomic E-state index is 0. The van der Waals surface area contributed by atoms with Crippen LogP contribution >= 0.6 is 0 Å². The Balaban J connectivity index is 0. The molecule has 0 nitrogen and oxygen atoms in total. The Morgan fingerprint density at radius 3 is 1.00 bits per heavy atom. The summed E-state index contributed by atoms with van der Waals surface area (Å²) in [5, 5.41) is 0. The van der Waals surface area contributed by atoms with E-state index in [0.717, 1.165) is 0 Å². The Bertz CT molecular complexity index is 8.00. The van der Waals surface area contributed by atoms with Crippen LogP contribution in [0.15, 0.2) is 0 Å². The van der Waals surface area contributed by atoms with Crippen molar-refractivity contribution in [3.05, 3.63) is 0 Å². The summed E-state index contributed by atoms with van der Waals surface area (Å²) in [7, 11) is 0. The van der Waals surface area contributed by atoms with Crippen LogP contribution in [0.5, 0.6) is 0 Å². The molecule has 0 heterocycles. The van der Waals surface area contributed by atoms with E-state index in [1.807, 2.05) is 0 Å². The van der Waals surface area contributed by atoms with Gasteiger partial charge in [0, 0.05) is 52.2 Å². The summed E-state index contributed by atoms with van der Waals surface area (Å²) in [4.78, 5) is 0. The van der Waals surface area contributed by atoms with Gasteiger partial charge in [-0.05, 0) is 0 Å². The average molecular weight is 306 g/mol. The van der Waals surface area contributed by atoms with Gasteiger partial charge in [0.05, 0.1) is 0 Å². The van der Waals surface area contributed by atoms with E-state index in [1.165, 1.54) is 0 Å². The molecule has 0 aromatic heterocycles. The summed E-state index contributed by atoms with van der Waals surface area (Å²) in [6, 6.07) is 0. The molecule has 1 atom stereocenters. The average Bonchev–Trinajstić information content (AvgIpc) is 0. The molecule has 0 saturated carbocycles. The summed E-state index contributed by atoms with van der Waals surface area (Å²) in [6.07, 6.45) is 0. The van der Waals surface area contributed by atoms with Gasteiger partial charge in [0.25, 0.3) is 0 Å². The van der Waals surface area contributed by atoms with Gasteiger partial charge in [-0.1, -0.05) is 0 Å². The van der Waals surface area contributed by atoms with Crippen LogP contribution in [0.2, 0.25) is 0 Å². The van der Waals surface area contributed by atoms with Gasteiger partial charge >= 0.3 is 18.0 Å². The van der Waals surface area contributed by atoms with Crippen molar-refractivity contribution in [3.8, 4) is 0 Å². The second kappa shape index (κ2) is 19.4. The largest absolute Gasteiger partial charge is 0 e. The molecule has 0 amide bonds. The number of hydrogen-bond donors (Lipinski definition) is 0. The Morgan fingerprint density at radius 1 is 1.00 bits per heavy atom. The van der Waals surface area contributed by atoms with Crippen molar-refractivity contribution in [2.24, 2.45) is 0 Å². The third-order valence-electron chi connectivity index (χ3n) is 0. The number of hydrogen-bond acceptors (Lipinski definition) is 0. The van der Waals surface area contributed by atoms with Crippen molar-refractivity contribution in [2.45, 2.75) is 0 Å². The van der Waals surface area contributed by atoms with Crippen LogP contribution in [0.25, 0.3) is 0 Å². The van der Waals surface area contributed by atoms with Gasteiger partial charge < -0.3 is 0 Å². The van der Waals surface area contributed by atoms with Crippen molar-refractivity contribution < 1.29 is 0 Å². The fourth-order valence-electron chi connectivity index (χ4n) is 0. The minimum Gasteiger partial charge on any atom is 0 e. The van der Waals surface area contributed by atoms with Crippen LogP contribution in [0, 0.1) is 0 Å². The first-order valence-corrected chi connectivity index (χ1v) is 0. The molecule has 0 aliphatic rings. The third-order valence-corrected chi connectivity index (χ3v) is 0. The van der Waals surface area contributed by atoms with E-state index in [9.17, 15) is 0 Å². The van der Waals surface area contributed by atoms with Crippen LogP contribution in [-0.4, -0.2) is 70.2 Å². The van der Waals surface area contributed by atoms with Crippen molar-refractivity contribution in [3.63, 3.8) is 0 Å². The molecule has 0 bridgehead atoms. The molecule has 10 radical (unpaired) electrons. The summed E-state index contributed by atoms with van der Waals surface area (Å²) in [5.74, 6) is 0. The molecule has 4 heteroatoms. The number of rotatable bonds is 0. The van der Waals surface area contributed by atoms with E-state index < -0.39 is 0 Å². The van der Waals surface area contributed by atoms with Crippen molar-refractivity contribution in [2.75, 3.05) is 0 Å². The molecule has 0 saturated heterocycles. The molecule has 1 unspecified atom stereocenters. The predicted octanol–water partition coefficient (Wildman–Crippen LogP) is -2.33. The molecule has 0 aliphatic heterocycles.